The predicted octanol–water partition coefficient (Wildman–Crippen LogP) is 1.51. The third-order valence-corrected chi connectivity index (χ3v) is 6.64. The molecule has 3 amide bonds. The maximum absolute atomic E-state index is 13.2. The van der Waals surface area contributed by atoms with Gasteiger partial charge in [0.15, 0.2) is 0 Å². The third kappa shape index (κ3) is 5.80. The second kappa shape index (κ2) is 10.6. The van der Waals surface area contributed by atoms with Crippen LogP contribution in [0.3, 0.4) is 0 Å². The SMILES string of the molecule is COC(=O)C(C[C@@H]1CCCNC1=O)NC(=O)[C@H](CC1CC1)NC(=O)c1cc2c(C#N)cccc2[nH]1. The number of nitriles is 1. The molecule has 1 unspecified atom stereocenters. The zero-order valence-corrected chi connectivity index (χ0v) is 19.6. The lowest BCUT2D eigenvalue weighted by Gasteiger charge is -2.27. The van der Waals surface area contributed by atoms with Crippen LogP contribution in [0.5, 0.6) is 0 Å². The van der Waals surface area contributed by atoms with E-state index < -0.39 is 35.8 Å². The van der Waals surface area contributed by atoms with Crippen LogP contribution in [0.1, 0.15) is 54.6 Å². The Kier molecular flexibility index (Phi) is 7.34. The van der Waals surface area contributed by atoms with Crippen molar-refractivity contribution in [3.8, 4) is 6.07 Å². The molecule has 3 atom stereocenters. The Labute approximate surface area is 202 Å². The Morgan fingerprint density at radius 3 is 2.66 bits per heavy atom. The van der Waals surface area contributed by atoms with Crippen LogP contribution >= 0.6 is 0 Å². The summed E-state index contributed by atoms with van der Waals surface area (Å²) in [6, 6.07) is 7.00. The minimum Gasteiger partial charge on any atom is -0.467 e. The number of amides is 3. The van der Waals surface area contributed by atoms with Crippen molar-refractivity contribution < 1.29 is 23.9 Å². The van der Waals surface area contributed by atoms with Crippen LogP contribution in [-0.4, -0.2) is 54.4 Å². The number of nitrogens with one attached hydrogen (secondary N) is 4. The molecule has 0 bridgehead atoms. The Morgan fingerprint density at radius 2 is 1.97 bits per heavy atom. The molecule has 1 aromatic carbocycles. The van der Waals surface area contributed by atoms with Gasteiger partial charge in [0.05, 0.1) is 18.7 Å². The van der Waals surface area contributed by atoms with E-state index in [2.05, 4.69) is 27.0 Å². The number of hydrogen-bond acceptors (Lipinski definition) is 6. The lowest BCUT2D eigenvalue weighted by Crippen LogP contribution is -2.53. The van der Waals surface area contributed by atoms with Gasteiger partial charge in [-0.2, -0.15) is 5.26 Å². The fourth-order valence-electron chi connectivity index (χ4n) is 4.50. The quantitative estimate of drug-likeness (QED) is 0.400. The van der Waals surface area contributed by atoms with Gasteiger partial charge in [0, 0.05) is 23.4 Å². The molecule has 10 nitrogen and oxygen atoms in total. The fourth-order valence-corrected chi connectivity index (χ4v) is 4.50. The summed E-state index contributed by atoms with van der Waals surface area (Å²) in [6.45, 7) is 0.601. The standard InChI is InChI=1S/C25H29N5O5/c1-35-25(34)21(11-15-5-3-9-27-22(15)31)30-23(32)19(10-14-7-8-14)29-24(33)20-12-17-16(13-26)4-2-6-18(17)28-20/h2,4,6,12,14-15,19,21,28H,3,5,7-11H2,1H3,(H,27,31)(H,29,33)(H,30,32)/t15-,19-,21?/m0/s1. The largest absolute Gasteiger partial charge is 0.467 e. The molecule has 35 heavy (non-hydrogen) atoms. The smallest absolute Gasteiger partial charge is 0.328 e. The van der Waals surface area contributed by atoms with Gasteiger partial charge in [-0.3, -0.25) is 14.4 Å². The van der Waals surface area contributed by atoms with Crippen LogP contribution in [0, 0.1) is 23.2 Å². The van der Waals surface area contributed by atoms with E-state index in [0.717, 1.165) is 19.3 Å². The van der Waals surface area contributed by atoms with Gasteiger partial charge >= 0.3 is 5.97 Å². The number of hydrogen-bond donors (Lipinski definition) is 4. The first-order valence-corrected chi connectivity index (χ1v) is 11.9. The average Bonchev–Trinajstić information content (AvgIpc) is 3.57. The molecule has 1 aliphatic heterocycles. The van der Waals surface area contributed by atoms with E-state index in [1.807, 2.05) is 0 Å². The zero-order chi connectivity index (χ0) is 24.9. The highest BCUT2D eigenvalue weighted by molar-refractivity contribution is 6.01. The van der Waals surface area contributed by atoms with Crippen molar-refractivity contribution in [1.29, 1.82) is 5.26 Å². The molecule has 0 radical (unpaired) electrons. The second-order valence-electron chi connectivity index (χ2n) is 9.22. The van der Waals surface area contributed by atoms with E-state index in [-0.39, 0.29) is 18.0 Å². The number of rotatable bonds is 9. The minimum absolute atomic E-state index is 0.132. The fraction of sp³-hybridized carbons (Fsp3) is 0.480. The van der Waals surface area contributed by atoms with Crippen LogP contribution in [-0.2, 0) is 19.1 Å². The van der Waals surface area contributed by atoms with Crippen LogP contribution < -0.4 is 16.0 Å². The lowest BCUT2D eigenvalue weighted by molar-refractivity contribution is -0.146. The lowest BCUT2D eigenvalue weighted by atomic mass is 9.91. The van der Waals surface area contributed by atoms with Crippen molar-refractivity contribution in [1.82, 2.24) is 20.9 Å². The van der Waals surface area contributed by atoms with E-state index in [4.69, 9.17) is 4.74 Å². The number of fused-ring (bicyclic) bond motifs is 1. The number of ether oxygens (including phenoxy) is 1. The number of benzene rings is 1. The number of aromatic amines is 1. The van der Waals surface area contributed by atoms with Crippen molar-refractivity contribution >= 4 is 34.6 Å². The molecule has 0 spiro atoms. The molecule has 10 heteroatoms. The van der Waals surface area contributed by atoms with Crippen molar-refractivity contribution in [2.45, 2.75) is 50.6 Å². The zero-order valence-electron chi connectivity index (χ0n) is 19.6. The Balaban J connectivity index is 1.48. The van der Waals surface area contributed by atoms with Crippen molar-refractivity contribution in [2.75, 3.05) is 13.7 Å². The highest BCUT2D eigenvalue weighted by Gasteiger charge is 2.35. The number of aromatic nitrogens is 1. The van der Waals surface area contributed by atoms with E-state index in [0.29, 0.717) is 41.8 Å². The maximum Gasteiger partial charge on any atom is 0.328 e. The number of esters is 1. The van der Waals surface area contributed by atoms with E-state index >= 15 is 0 Å². The first kappa shape index (κ1) is 24.3. The number of piperidine rings is 1. The Hall–Kier alpha value is -3.87. The second-order valence-corrected chi connectivity index (χ2v) is 9.22. The molecule has 2 fully saturated rings. The van der Waals surface area contributed by atoms with Gasteiger partial charge in [-0.1, -0.05) is 18.9 Å². The molecule has 1 aromatic heterocycles. The van der Waals surface area contributed by atoms with Crippen LogP contribution in [0.4, 0.5) is 0 Å². The van der Waals surface area contributed by atoms with Gasteiger partial charge in [-0.15, -0.1) is 0 Å². The monoisotopic (exact) mass is 479 g/mol. The number of H-pyrrole nitrogens is 1. The molecule has 4 N–H and O–H groups in total. The van der Waals surface area contributed by atoms with Crippen molar-refractivity contribution in [3.05, 3.63) is 35.5 Å². The van der Waals surface area contributed by atoms with E-state index in [1.54, 1.807) is 24.3 Å². The van der Waals surface area contributed by atoms with Crippen LogP contribution in [0.2, 0.25) is 0 Å². The Morgan fingerprint density at radius 1 is 1.17 bits per heavy atom. The maximum atomic E-state index is 13.2. The molecule has 1 saturated carbocycles. The Bertz CT molecular complexity index is 1180. The summed E-state index contributed by atoms with van der Waals surface area (Å²) in [5.41, 5.74) is 1.33. The van der Waals surface area contributed by atoms with Gasteiger partial charge in [0.2, 0.25) is 11.8 Å². The van der Waals surface area contributed by atoms with Gasteiger partial charge < -0.3 is 25.7 Å². The summed E-state index contributed by atoms with van der Waals surface area (Å²) in [5, 5.41) is 18.2. The topological polar surface area (TPSA) is 153 Å². The summed E-state index contributed by atoms with van der Waals surface area (Å²) >= 11 is 0. The number of carbonyl (C=O) groups is 4. The molecule has 2 heterocycles. The van der Waals surface area contributed by atoms with E-state index in [9.17, 15) is 24.4 Å². The molecule has 4 rings (SSSR count). The van der Waals surface area contributed by atoms with Gasteiger partial charge in [0.1, 0.15) is 17.8 Å². The van der Waals surface area contributed by atoms with Gasteiger partial charge in [0.25, 0.3) is 5.91 Å². The molecular formula is C25H29N5O5. The number of nitrogens with zero attached hydrogens (tertiary/aromatic N) is 1. The van der Waals surface area contributed by atoms with Crippen LogP contribution in [0.25, 0.3) is 10.9 Å². The molecule has 1 aliphatic carbocycles. The molecule has 2 aliphatic rings. The molecular weight excluding hydrogens is 450 g/mol. The van der Waals surface area contributed by atoms with E-state index in [1.165, 1.54) is 7.11 Å². The number of methoxy groups -OCH3 is 1. The van der Waals surface area contributed by atoms with Crippen molar-refractivity contribution in [3.63, 3.8) is 0 Å². The van der Waals surface area contributed by atoms with Gasteiger partial charge in [-0.25, -0.2) is 4.79 Å². The molecule has 2 aromatic rings. The summed E-state index contributed by atoms with van der Waals surface area (Å²) in [6.07, 6.45) is 3.95. The molecule has 184 valence electrons. The summed E-state index contributed by atoms with van der Waals surface area (Å²) in [7, 11) is 1.23. The third-order valence-electron chi connectivity index (χ3n) is 6.64. The molecule has 1 saturated heterocycles. The van der Waals surface area contributed by atoms with Crippen molar-refractivity contribution in [2.24, 2.45) is 11.8 Å². The first-order valence-electron chi connectivity index (χ1n) is 11.9. The highest BCUT2D eigenvalue weighted by atomic mass is 16.5. The first-order chi connectivity index (χ1) is 16.9. The van der Waals surface area contributed by atoms with Crippen LogP contribution in [0.15, 0.2) is 24.3 Å². The van der Waals surface area contributed by atoms with Gasteiger partial charge in [-0.05, 0) is 49.8 Å². The normalized spacial score (nSPS) is 19.2. The highest BCUT2D eigenvalue weighted by Crippen LogP contribution is 2.33. The summed E-state index contributed by atoms with van der Waals surface area (Å²) in [4.78, 5) is 53.8. The number of carbonyl (C=O) groups excluding carboxylic acids is 4. The average molecular weight is 480 g/mol. The summed E-state index contributed by atoms with van der Waals surface area (Å²) < 4.78 is 4.87. The summed E-state index contributed by atoms with van der Waals surface area (Å²) in [5.74, 6) is -1.83. The predicted molar refractivity (Wildman–Crippen MR) is 126 cm³/mol. The minimum atomic E-state index is -0.994.